The number of sulfonamides is 1. The number of likely N-dealkylation sites (tertiary alicyclic amines) is 2. The number of rotatable bonds is 11. The van der Waals surface area contributed by atoms with Crippen LogP contribution in [0.3, 0.4) is 0 Å². The van der Waals surface area contributed by atoms with Gasteiger partial charge in [-0.2, -0.15) is 0 Å². The Balaban J connectivity index is 1.56. The first-order valence-electron chi connectivity index (χ1n) is 15.7. The van der Waals surface area contributed by atoms with Crippen LogP contribution in [0.15, 0.2) is 41.3 Å². The van der Waals surface area contributed by atoms with Crippen molar-refractivity contribution in [1.29, 1.82) is 0 Å². The summed E-state index contributed by atoms with van der Waals surface area (Å²) in [5.41, 5.74) is 1.92. The summed E-state index contributed by atoms with van der Waals surface area (Å²) in [5, 5.41) is 0. The number of ether oxygens (including phenoxy) is 2. The van der Waals surface area contributed by atoms with E-state index in [9.17, 15) is 18.0 Å². The number of hydrogen-bond acceptors (Lipinski definition) is 6. The fraction of sp³-hybridized carbons (Fsp3) is 0.576. The van der Waals surface area contributed by atoms with E-state index >= 15 is 0 Å². The lowest BCUT2D eigenvalue weighted by atomic mass is 9.90. The van der Waals surface area contributed by atoms with Crippen molar-refractivity contribution < 1.29 is 27.5 Å². The Morgan fingerprint density at radius 3 is 2.02 bits per heavy atom. The number of anilines is 1. The maximum atomic E-state index is 14.0. The Kier molecular flexibility index (Phi) is 11.7. The molecule has 2 saturated heterocycles. The van der Waals surface area contributed by atoms with Gasteiger partial charge in [0.05, 0.1) is 30.7 Å². The molecule has 2 amide bonds. The van der Waals surface area contributed by atoms with Gasteiger partial charge in [0, 0.05) is 38.7 Å². The normalized spacial score (nSPS) is 17.0. The number of nitrogens with zero attached hydrogens (tertiary/aromatic N) is 2. The van der Waals surface area contributed by atoms with E-state index in [0.717, 1.165) is 75.8 Å². The predicted molar refractivity (Wildman–Crippen MR) is 168 cm³/mol. The van der Waals surface area contributed by atoms with Gasteiger partial charge < -0.3 is 19.3 Å². The maximum Gasteiger partial charge on any atom is 0.262 e. The minimum atomic E-state index is -3.96. The summed E-state index contributed by atoms with van der Waals surface area (Å²) in [4.78, 5) is 31.0. The van der Waals surface area contributed by atoms with Crippen molar-refractivity contribution in [3.05, 3.63) is 47.5 Å². The monoisotopic (exact) mass is 613 g/mol. The third-order valence-electron chi connectivity index (χ3n) is 8.63. The first kappa shape index (κ1) is 32.6. The lowest BCUT2D eigenvalue weighted by molar-refractivity contribution is -0.134. The number of aryl methyl sites for hydroxylation is 1. The van der Waals surface area contributed by atoms with E-state index in [0.29, 0.717) is 36.4 Å². The molecular weight excluding hydrogens is 566 g/mol. The van der Waals surface area contributed by atoms with Crippen LogP contribution in [0.1, 0.15) is 87.7 Å². The molecule has 9 nitrogen and oxygen atoms in total. The van der Waals surface area contributed by atoms with Gasteiger partial charge in [0.2, 0.25) is 11.8 Å². The average Bonchev–Trinajstić information content (AvgIpc) is 3.46. The summed E-state index contributed by atoms with van der Waals surface area (Å²) in [6, 6.07) is 10.0. The van der Waals surface area contributed by atoms with Crippen LogP contribution < -0.4 is 14.2 Å². The molecule has 43 heavy (non-hydrogen) atoms. The molecule has 2 aromatic carbocycles. The molecular formula is C33H47N3O6S. The molecule has 0 bridgehead atoms. The molecule has 2 fully saturated rings. The van der Waals surface area contributed by atoms with Gasteiger partial charge in [-0.05, 0) is 74.8 Å². The Bertz CT molecular complexity index is 1350. The Labute approximate surface area is 257 Å². The summed E-state index contributed by atoms with van der Waals surface area (Å²) in [6.45, 7) is 4.92. The van der Waals surface area contributed by atoms with Crippen LogP contribution in [0.2, 0.25) is 0 Å². The van der Waals surface area contributed by atoms with Gasteiger partial charge >= 0.3 is 0 Å². The van der Waals surface area contributed by atoms with Gasteiger partial charge in [0.1, 0.15) is 0 Å². The topological polar surface area (TPSA) is 105 Å². The first-order chi connectivity index (χ1) is 20.7. The van der Waals surface area contributed by atoms with E-state index in [4.69, 9.17) is 9.47 Å². The van der Waals surface area contributed by atoms with Gasteiger partial charge in [-0.3, -0.25) is 14.3 Å². The van der Waals surface area contributed by atoms with E-state index in [2.05, 4.69) is 4.72 Å². The summed E-state index contributed by atoms with van der Waals surface area (Å²) >= 11 is 0. The SMILES string of the molecule is COc1ccc(S(=O)(=O)Nc2cc(C(CCCC(=O)N3CCCCCC3)C(=O)N3CCCCCC3)ccc2C)cc1OC. The van der Waals surface area contributed by atoms with E-state index < -0.39 is 15.9 Å². The molecule has 0 aromatic heterocycles. The molecule has 236 valence electrons. The van der Waals surface area contributed by atoms with E-state index in [1.165, 1.54) is 39.2 Å². The smallest absolute Gasteiger partial charge is 0.262 e. The first-order valence-corrected chi connectivity index (χ1v) is 17.1. The van der Waals surface area contributed by atoms with Gasteiger partial charge in [0.25, 0.3) is 10.0 Å². The average molecular weight is 614 g/mol. The Hall–Kier alpha value is -3.27. The third-order valence-corrected chi connectivity index (χ3v) is 9.99. The van der Waals surface area contributed by atoms with Gasteiger partial charge in [-0.1, -0.05) is 37.8 Å². The van der Waals surface area contributed by atoms with Crippen LogP contribution >= 0.6 is 0 Å². The molecule has 0 saturated carbocycles. The highest BCUT2D eigenvalue weighted by Crippen LogP contribution is 2.33. The van der Waals surface area contributed by atoms with Crippen molar-refractivity contribution in [3.8, 4) is 11.5 Å². The lowest BCUT2D eigenvalue weighted by Gasteiger charge is -2.27. The molecule has 0 spiro atoms. The highest BCUT2D eigenvalue weighted by atomic mass is 32.2. The molecule has 2 aliphatic heterocycles. The van der Waals surface area contributed by atoms with Crippen molar-refractivity contribution >= 4 is 27.5 Å². The quantitative estimate of drug-likeness (QED) is 0.340. The van der Waals surface area contributed by atoms with E-state index in [1.54, 1.807) is 12.1 Å². The summed E-state index contributed by atoms with van der Waals surface area (Å²) in [7, 11) is -1.01. The summed E-state index contributed by atoms with van der Waals surface area (Å²) in [6.07, 6.45) is 10.2. The van der Waals surface area contributed by atoms with Gasteiger partial charge in [0.15, 0.2) is 11.5 Å². The van der Waals surface area contributed by atoms with Gasteiger partial charge in [-0.15, -0.1) is 0 Å². The number of nitrogens with one attached hydrogen (secondary N) is 1. The fourth-order valence-corrected chi connectivity index (χ4v) is 7.17. The highest BCUT2D eigenvalue weighted by Gasteiger charge is 2.28. The van der Waals surface area contributed by atoms with E-state index in [1.807, 2.05) is 28.9 Å². The number of amides is 2. The molecule has 10 heteroatoms. The molecule has 4 rings (SSSR count). The Morgan fingerprint density at radius 2 is 1.42 bits per heavy atom. The summed E-state index contributed by atoms with van der Waals surface area (Å²) in [5.74, 6) is 0.509. The molecule has 1 N–H and O–H groups in total. The molecule has 2 aromatic rings. The van der Waals surface area contributed by atoms with Crippen molar-refractivity contribution in [2.75, 3.05) is 45.1 Å². The largest absolute Gasteiger partial charge is 0.493 e. The van der Waals surface area contributed by atoms with Crippen molar-refractivity contribution in [1.82, 2.24) is 9.80 Å². The van der Waals surface area contributed by atoms with Crippen LogP contribution in [0.5, 0.6) is 11.5 Å². The molecule has 1 atom stereocenters. The number of hydrogen-bond donors (Lipinski definition) is 1. The van der Waals surface area contributed by atoms with Crippen LogP contribution in [0.25, 0.3) is 0 Å². The zero-order chi connectivity index (χ0) is 30.8. The number of methoxy groups -OCH3 is 2. The second-order valence-electron chi connectivity index (χ2n) is 11.7. The predicted octanol–water partition coefficient (Wildman–Crippen LogP) is 5.87. The third kappa shape index (κ3) is 8.65. The van der Waals surface area contributed by atoms with Crippen LogP contribution in [0, 0.1) is 6.92 Å². The van der Waals surface area contributed by atoms with Crippen LogP contribution in [-0.2, 0) is 19.6 Å². The summed E-state index contributed by atoms with van der Waals surface area (Å²) < 4.78 is 40.1. The van der Waals surface area contributed by atoms with Crippen LogP contribution in [0.4, 0.5) is 5.69 Å². The number of benzene rings is 2. The number of carbonyl (C=O) groups excluding carboxylic acids is 2. The minimum absolute atomic E-state index is 0.0409. The molecule has 2 aliphatic rings. The van der Waals surface area contributed by atoms with E-state index in [-0.39, 0.29) is 16.7 Å². The molecule has 0 radical (unpaired) electrons. The van der Waals surface area contributed by atoms with Crippen molar-refractivity contribution in [3.63, 3.8) is 0 Å². The second-order valence-corrected chi connectivity index (χ2v) is 13.4. The standard InChI is InChI=1S/C33H47N3O6S/c1-25-15-16-26(23-29(25)34-43(39,40)27-17-18-30(41-2)31(24-27)42-3)28(33(38)36-21-10-6-7-11-22-36)13-12-14-32(37)35-19-8-4-5-9-20-35/h15-18,23-24,28,34H,4-14,19-22H2,1-3H3. The lowest BCUT2D eigenvalue weighted by Crippen LogP contribution is -2.36. The van der Waals surface area contributed by atoms with Crippen molar-refractivity contribution in [2.45, 2.75) is 88.4 Å². The maximum absolute atomic E-state index is 14.0. The molecule has 2 heterocycles. The van der Waals surface area contributed by atoms with Crippen LogP contribution in [-0.4, -0.2) is 70.4 Å². The number of carbonyl (C=O) groups is 2. The highest BCUT2D eigenvalue weighted by molar-refractivity contribution is 7.92. The van der Waals surface area contributed by atoms with Crippen molar-refractivity contribution in [2.24, 2.45) is 0 Å². The zero-order valence-electron chi connectivity index (χ0n) is 25.9. The Morgan fingerprint density at radius 1 is 0.814 bits per heavy atom. The fourth-order valence-electron chi connectivity index (χ4n) is 6.03. The van der Waals surface area contributed by atoms with Gasteiger partial charge in [-0.25, -0.2) is 8.42 Å². The second kappa shape index (κ2) is 15.5. The zero-order valence-corrected chi connectivity index (χ0v) is 26.7. The molecule has 1 unspecified atom stereocenters. The minimum Gasteiger partial charge on any atom is -0.493 e. The molecule has 0 aliphatic carbocycles.